The maximum Gasteiger partial charge on any atom is 0.501 e. The molecular formula is C52H54ClN7O19S. The number of anilines is 1. The maximum atomic E-state index is 14.5. The lowest BCUT2D eigenvalue weighted by Crippen LogP contribution is -2.60. The quantitative estimate of drug-likeness (QED) is 0.0347. The molecule has 0 aliphatic carbocycles. The first kappa shape index (κ1) is 55.7. The number of hydrogen-bond donors (Lipinski definition) is 5. The van der Waals surface area contributed by atoms with Crippen molar-refractivity contribution in [3.8, 4) is 34.5 Å². The molecule has 0 radical (unpaired) electrons. The lowest BCUT2D eigenvalue weighted by Gasteiger charge is -2.39. The van der Waals surface area contributed by atoms with Crippen molar-refractivity contribution < 1.29 is 89.5 Å². The van der Waals surface area contributed by atoms with Gasteiger partial charge in [0.25, 0.3) is 23.6 Å². The van der Waals surface area contributed by atoms with Gasteiger partial charge < -0.3 is 76.7 Å². The molecule has 424 valence electrons. The summed E-state index contributed by atoms with van der Waals surface area (Å²) in [5.74, 6) is -2.18. The van der Waals surface area contributed by atoms with Gasteiger partial charge in [0.15, 0.2) is 28.7 Å². The predicted octanol–water partition coefficient (Wildman–Crippen LogP) is 1.79. The molecule has 5 N–H and O–H groups in total. The number of carbonyl (C=O) groups excluding carboxylic acids is 4. The third kappa shape index (κ3) is 11.5. The molecule has 28 heteroatoms. The molecule has 2 aromatic heterocycles. The van der Waals surface area contributed by atoms with E-state index in [1.807, 2.05) is 0 Å². The van der Waals surface area contributed by atoms with Crippen LogP contribution in [0.3, 0.4) is 0 Å². The number of ether oxygens (including phenoxy) is 7. The van der Waals surface area contributed by atoms with Crippen molar-refractivity contribution in [1.29, 1.82) is 0 Å². The Bertz CT molecular complexity index is 3460. The smallest absolute Gasteiger partial charge is 0.497 e. The van der Waals surface area contributed by atoms with Gasteiger partial charge in [0.2, 0.25) is 13.1 Å². The van der Waals surface area contributed by atoms with Crippen LogP contribution in [0.4, 0.5) is 5.69 Å². The highest BCUT2D eigenvalue weighted by Gasteiger charge is 2.45. The number of aromatic nitrogens is 4. The Morgan fingerprint density at radius 3 is 2.41 bits per heavy atom. The first-order valence-electron chi connectivity index (χ1n) is 25.1. The Balaban J connectivity index is 0.849. The number of H-pyrrole nitrogens is 1. The highest BCUT2D eigenvalue weighted by molar-refractivity contribution is 7.82. The number of amides is 4. The fraction of sp³-hybridized carbons (Fsp3) is 0.385. The molecule has 4 aliphatic rings. The largest absolute Gasteiger partial charge is 0.501 e. The minimum absolute atomic E-state index is 0.0180. The number of likely N-dealkylation sites (N-methyl/N-ethyl adjacent to an activating group) is 1. The minimum Gasteiger partial charge on any atom is -0.497 e. The first-order valence-corrected chi connectivity index (χ1v) is 26.9. The first-order chi connectivity index (χ1) is 38.5. The maximum absolute atomic E-state index is 14.5. The van der Waals surface area contributed by atoms with E-state index < -0.39 is 76.9 Å². The van der Waals surface area contributed by atoms with Crippen LogP contribution in [0, 0.1) is 0 Å². The van der Waals surface area contributed by atoms with Gasteiger partial charge in [-0.1, -0.05) is 5.21 Å². The van der Waals surface area contributed by atoms with Crippen molar-refractivity contribution in [2.24, 2.45) is 0 Å². The SMILES string of the molecule is COc1ccc2c(OS(=O)(=O)Oc3cc(C(=O)N(C)CCOCCn4cc(CCOCCN5C(=O)C=CC5=O)nn4)ccc3O[C@@H]3O[C@H](CO)[C@H](O)[C@H](O)[C@H]3O)cc3c(c2c1)[C@H](CCl)CN3C(=O)c1cc2c3c(ccc2[nH]1)OCO3. The van der Waals surface area contributed by atoms with Gasteiger partial charge in [0, 0.05) is 79.1 Å². The number of halogens is 1. The van der Waals surface area contributed by atoms with Gasteiger partial charge in [0.05, 0.1) is 70.1 Å². The van der Waals surface area contributed by atoms with E-state index in [0.29, 0.717) is 57.8 Å². The molecule has 0 unspecified atom stereocenters. The van der Waals surface area contributed by atoms with Crippen LogP contribution in [0.1, 0.15) is 38.0 Å². The molecule has 0 saturated carbocycles. The number of carbonyl (C=O) groups is 4. The predicted molar refractivity (Wildman–Crippen MR) is 279 cm³/mol. The molecule has 26 nitrogen and oxygen atoms in total. The number of fused-ring (bicyclic) bond motifs is 6. The average Bonchev–Trinajstić information content (AvgIpc) is 4.32. The van der Waals surface area contributed by atoms with Crippen molar-refractivity contribution in [2.75, 3.05) is 84.4 Å². The summed E-state index contributed by atoms with van der Waals surface area (Å²) in [7, 11) is -2.33. The Morgan fingerprint density at radius 2 is 1.64 bits per heavy atom. The summed E-state index contributed by atoms with van der Waals surface area (Å²) < 4.78 is 81.1. The molecule has 1 fully saturated rings. The number of alkyl halides is 1. The Morgan fingerprint density at radius 1 is 0.863 bits per heavy atom. The van der Waals surface area contributed by atoms with E-state index in [2.05, 4.69) is 15.3 Å². The number of rotatable bonds is 23. The summed E-state index contributed by atoms with van der Waals surface area (Å²) in [4.78, 5) is 58.9. The van der Waals surface area contributed by atoms with E-state index >= 15 is 0 Å². The number of methoxy groups -OCH3 is 1. The van der Waals surface area contributed by atoms with E-state index in [0.717, 1.165) is 17.0 Å². The summed E-state index contributed by atoms with van der Waals surface area (Å²) in [6.45, 7) is 0.577. The van der Waals surface area contributed by atoms with Crippen LogP contribution in [0.2, 0.25) is 0 Å². The summed E-state index contributed by atoms with van der Waals surface area (Å²) in [5.41, 5.74) is 2.23. The lowest BCUT2D eigenvalue weighted by atomic mass is 9.95. The van der Waals surface area contributed by atoms with E-state index in [1.54, 1.807) is 47.3 Å². The van der Waals surface area contributed by atoms with Crippen molar-refractivity contribution in [3.05, 3.63) is 102 Å². The molecule has 6 heterocycles. The molecule has 6 atom stereocenters. The monoisotopic (exact) mass is 1150 g/mol. The molecule has 10 rings (SSSR count). The molecule has 6 aromatic rings. The molecule has 0 bridgehead atoms. The number of aromatic amines is 1. The number of hydrogen-bond acceptors (Lipinski definition) is 21. The van der Waals surface area contributed by atoms with Crippen molar-refractivity contribution in [1.82, 2.24) is 29.8 Å². The summed E-state index contributed by atoms with van der Waals surface area (Å²) >= 11 is 6.58. The second-order valence-electron chi connectivity index (χ2n) is 18.8. The van der Waals surface area contributed by atoms with Gasteiger partial charge in [-0.05, 0) is 65.5 Å². The second-order valence-corrected chi connectivity index (χ2v) is 20.3. The van der Waals surface area contributed by atoms with E-state index in [-0.39, 0.29) is 98.6 Å². The topological polar surface area (TPSA) is 323 Å². The van der Waals surface area contributed by atoms with Crippen LogP contribution in [0.5, 0.6) is 34.5 Å². The third-order valence-electron chi connectivity index (χ3n) is 13.7. The van der Waals surface area contributed by atoms with Crippen LogP contribution in [0.15, 0.2) is 79.0 Å². The van der Waals surface area contributed by atoms with Gasteiger partial charge in [-0.25, -0.2) is 4.68 Å². The number of nitrogens with one attached hydrogen (secondary N) is 1. The number of aliphatic hydroxyl groups is 4. The molecule has 4 amide bonds. The van der Waals surface area contributed by atoms with Crippen LogP contribution in [0.25, 0.3) is 21.7 Å². The molecule has 80 heavy (non-hydrogen) atoms. The Hall–Kier alpha value is -7.60. The highest BCUT2D eigenvalue weighted by Crippen LogP contribution is 2.48. The number of aliphatic hydroxyl groups excluding tert-OH is 4. The van der Waals surface area contributed by atoms with Gasteiger partial charge in [-0.2, -0.15) is 0 Å². The summed E-state index contributed by atoms with van der Waals surface area (Å²) in [6.07, 6.45) is -4.16. The Kier molecular flexibility index (Phi) is 16.4. The zero-order chi connectivity index (χ0) is 56.4. The lowest BCUT2D eigenvalue weighted by molar-refractivity contribution is -0.277. The molecule has 4 aliphatic heterocycles. The second kappa shape index (κ2) is 23.6. The summed E-state index contributed by atoms with van der Waals surface area (Å²) in [6, 6.07) is 14.8. The van der Waals surface area contributed by atoms with Crippen molar-refractivity contribution in [2.45, 2.75) is 49.6 Å². The third-order valence-corrected chi connectivity index (χ3v) is 14.9. The average molecular weight is 1150 g/mol. The van der Waals surface area contributed by atoms with E-state index in [9.17, 15) is 48.0 Å². The highest BCUT2D eigenvalue weighted by atomic mass is 35.5. The molecule has 0 spiro atoms. The summed E-state index contributed by atoms with van der Waals surface area (Å²) in [5, 5.41) is 51.2. The van der Waals surface area contributed by atoms with Crippen LogP contribution < -0.4 is 32.2 Å². The zero-order valence-corrected chi connectivity index (χ0v) is 44.4. The number of benzene rings is 4. The molecule has 1 saturated heterocycles. The van der Waals surface area contributed by atoms with Gasteiger partial charge >= 0.3 is 10.4 Å². The fourth-order valence-corrected chi connectivity index (χ4v) is 10.5. The van der Waals surface area contributed by atoms with E-state index in [1.165, 1.54) is 48.2 Å². The number of nitrogens with zero attached hydrogens (tertiary/aromatic N) is 6. The van der Waals surface area contributed by atoms with Crippen LogP contribution in [-0.2, 0) is 47.2 Å². The molecule has 4 aromatic carbocycles. The standard InChI is InChI=1S/C52H54ClN7O19S/c1-57(12-16-73-17-13-58-25-30(55-56-58)11-15-72-18-14-59-43(62)9-10-44(59)63)50(67)28-3-7-38(76-52-48(66)47(65)46(64)42(26-61)77-52)41(19-28)79-80(69,70)78-40-22-37-45(33-20-31(71-2)4-5-32(33)40)29(23-53)24-60(37)51(68)36-21-34-35(54-36)6-8-39-49(34)75-27-74-39/h3-10,19-22,25,29,42,46-48,52,54,61,64-66H,11-18,23-24,26-27H2,1-2H3/t29-,42-,46+,47+,48-,52-/m1/s1. The van der Waals surface area contributed by atoms with Gasteiger partial charge in [0.1, 0.15) is 35.9 Å². The van der Waals surface area contributed by atoms with Gasteiger partial charge in [-0.15, -0.1) is 25.1 Å². The fourth-order valence-electron chi connectivity index (χ4n) is 9.55. The molecular weight excluding hydrogens is 1090 g/mol. The van der Waals surface area contributed by atoms with Crippen molar-refractivity contribution >= 4 is 73.0 Å². The van der Waals surface area contributed by atoms with Crippen LogP contribution >= 0.6 is 11.6 Å². The minimum atomic E-state index is -5.27. The van der Waals surface area contributed by atoms with Crippen molar-refractivity contribution in [3.63, 3.8) is 0 Å². The van der Waals surface area contributed by atoms with Gasteiger partial charge in [-0.3, -0.25) is 24.1 Å². The Labute approximate surface area is 460 Å². The van der Waals surface area contributed by atoms with E-state index in [4.69, 9.17) is 53.1 Å². The van der Waals surface area contributed by atoms with Crippen LogP contribution in [-0.4, -0.2) is 192 Å². The normalized spacial score (nSPS) is 20.5. The zero-order valence-electron chi connectivity index (χ0n) is 42.8. The number of imide groups is 1.